The van der Waals surface area contributed by atoms with Gasteiger partial charge in [0.05, 0.1) is 19.9 Å². The van der Waals surface area contributed by atoms with Gasteiger partial charge in [0.2, 0.25) is 0 Å². The molecule has 1 heterocycles. The van der Waals surface area contributed by atoms with Gasteiger partial charge in [0.1, 0.15) is 11.4 Å². The van der Waals surface area contributed by atoms with E-state index in [0.717, 1.165) is 17.0 Å². The summed E-state index contributed by atoms with van der Waals surface area (Å²) < 4.78 is 5.07. The first-order chi connectivity index (χ1) is 7.83. The molecule has 5 nitrogen and oxygen atoms in total. The van der Waals surface area contributed by atoms with Crippen LogP contribution in [-0.2, 0) is 6.54 Å². The van der Waals surface area contributed by atoms with Gasteiger partial charge in [-0.25, -0.2) is 4.98 Å². The maximum absolute atomic E-state index is 5.39. The lowest BCUT2D eigenvalue weighted by molar-refractivity contribution is 0.415. The van der Waals surface area contributed by atoms with Crippen LogP contribution < -0.4 is 10.5 Å². The molecule has 0 bridgehead atoms. The highest BCUT2D eigenvalue weighted by molar-refractivity contribution is 5.58. The van der Waals surface area contributed by atoms with Crippen LogP contribution in [-0.4, -0.2) is 22.3 Å². The van der Waals surface area contributed by atoms with Crippen LogP contribution in [0.2, 0.25) is 0 Å². The molecule has 82 valence electrons. The van der Waals surface area contributed by atoms with Crippen LogP contribution in [0.3, 0.4) is 0 Å². The first kappa shape index (κ1) is 10.5. The molecule has 0 radical (unpaired) electrons. The highest BCUT2D eigenvalue weighted by atomic mass is 16.5. The fraction of sp³-hybridized carbons (Fsp3) is 0.182. The molecule has 2 rings (SSSR count). The van der Waals surface area contributed by atoms with E-state index in [1.807, 2.05) is 24.3 Å². The summed E-state index contributed by atoms with van der Waals surface area (Å²) in [6.45, 7) is 0.301. The molecule has 0 saturated heterocycles. The van der Waals surface area contributed by atoms with Crippen molar-refractivity contribution < 1.29 is 4.74 Å². The average Bonchev–Trinajstić information content (AvgIpc) is 2.39. The summed E-state index contributed by atoms with van der Waals surface area (Å²) in [4.78, 5) is 4.09. The number of hydrogen-bond donors (Lipinski definition) is 1. The van der Waals surface area contributed by atoms with Gasteiger partial charge in [-0.1, -0.05) is 0 Å². The van der Waals surface area contributed by atoms with Gasteiger partial charge in [-0.3, -0.25) is 0 Å². The molecule has 16 heavy (non-hydrogen) atoms. The molecular weight excluding hydrogens is 204 g/mol. The van der Waals surface area contributed by atoms with Crippen molar-refractivity contribution in [3.05, 3.63) is 36.3 Å². The van der Waals surface area contributed by atoms with Gasteiger partial charge in [-0.05, 0) is 24.3 Å². The molecular formula is C11H12N4O. The maximum Gasteiger partial charge on any atom is 0.164 e. The summed E-state index contributed by atoms with van der Waals surface area (Å²) in [5.74, 6) is 1.35. The van der Waals surface area contributed by atoms with Crippen molar-refractivity contribution >= 4 is 0 Å². The third-order valence-electron chi connectivity index (χ3n) is 2.18. The van der Waals surface area contributed by atoms with Crippen molar-refractivity contribution in [2.75, 3.05) is 7.11 Å². The molecule has 1 aromatic heterocycles. The second-order valence-electron chi connectivity index (χ2n) is 3.19. The Kier molecular flexibility index (Phi) is 3.07. The summed E-state index contributed by atoms with van der Waals surface area (Å²) in [6, 6.07) is 7.56. The van der Waals surface area contributed by atoms with E-state index in [1.54, 1.807) is 13.3 Å². The number of nitrogens with zero attached hydrogens (tertiary/aromatic N) is 3. The van der Waals surface area contributed by atoms with E-state index in [2.05, 4.69) is 15.2 Å². The van der Waals surface area contributed by atoms with Crippen molar-refractivity contribution in [1.29, 1.82) is 0 Å². The quantitative estimate of drug-likeness (QED) is 0.828. The lowest BCUT2D eigenvalue weighted by Gasteiger charge is -2.02. The monoisotopic (exact) mass is 216 g/mol. The minimum Gasteiger partial charge on any atom is -0.497 e. The van der Waals surface area contributed by atoms with E-state index in [4.69, 9.17) is 10.5 Å². The molecule has 0 atom stereocenters. The summed E-state index contributed by atoms with van der Waals surface area (Å²) in [6.07, 6.45) is 1.66. The number of nitrogens with two attached hydrogens (primary N) is 1. The Balaban J connectivity index is 2.28. The third kappa shape index (κ3) is 2.14. The molecule has 1 aromatic carbocycles. The topological polar surface area (TPSA) is 73.9 Å². The van der Waals surface area contributed by atoms with Crippen molar-refractivity contribution in [3.8, 4) is 17.0 Å². The minimum absolute atomic E-state index is 0.301. The Morgan fingerprint density at radius 2 is 1.94 bits per heavy atom. The highest BCUT2D eigenvalue weighted by Gasteiger charge is 2.01. The van der Waals surface area contributed by atoms with Crippen LogP contribution in [0.5, 0.6) is 5.75 Å². The second-order valence-corrected chi connectivity index (χ2v) is 3.19. The first-order valence-corrected chi connectivity index (χ1v) is 4.86. The first-order valence-electron chi connectivity index (χ1n) is 4.86. The lowest BCUT2D eigenvalue weighted by Crippen LogP contribution is -2.04. The number of methoxy groups -OCH3 is 1. The Labute approximate surface area is 93.3 Å². The number of hydrogen-bond acceptors (Lipinski definition) is 5. The average molecular weight is 216 g/mol. The molecule has 2 N–H and O–H groups in total. The molecule has 0 amide bonds. The number of aromatic nitrogens is 3. The van der Waals surface area contributed by atoms with Gasteiger partial charge in [0.15, 0.2) is 5.82 Å². The zero-order valence-electron chi connectivity index (χ0n) is 8.92. The van der Waals surface area contributed by atoms with Crippen molar-refractivity contribution in [3.63, 3.8) is 0 Å². The largest absolute Gasteiger partial charge is 0.497 e. The number of benzene rings is 1. The number of ether oxygens (including phenoxy) is 1. The lowest BCUT2D eigenvalue weighted by atomic mass is 10.1. The SMILES string of the molecule is COc1ccc(-c2cnc(CN)nn2)cc1. The Morgan fingerprint density at radius 3 is 2.44 bits per heavy atom. The van der Waals surface area contributed by atoms with Crippen molar-refractivity contribution in [2.24, 2.45) is 5.73 Å². The summed E-state index contributed by atoms with van der Waals surface area (Å²) >= 11 is 0. The summed E-state index contributed by atoms with van der Waals surface area (Å²) in [5, 5.41) is 7.94. The molecule has 0 unspecified atom stereocenters. The van der Waals surface area contributed by atoms with Gasteiger partial charge >= 0.3 is 0 Å². The van der Waals surface area contributed by atoms with Crippen LogP contribution in [0, 0.1) is 0 Å². The predicted octanol–water partition coefficient (Wildman–Crippen LogP) is 1.01. The fourth-order valence-electron chi connectivity index (χ4n) is 1.29. The van der Waals surface area contributed by atoms with Crippen molar-refractivity contribution in [1.82, 2.24) is 15.2 Å². The highest BCUT2D eigenvalue weighted by Crippen LogP contribution is 2.19. The fourth-order valence-corrected chi connectivity index (χ4v) is 1.29. The summed E-state index contributed by atoms with van der Waals surface area (Å²) in [5.41, 5.74) is 7.07. The van der Waals surface area contributed by atoms with Gasteiger partial charge in [-0.15, -0.1) is 10.2 Å². The van der Waals surface area contributed by atoms with Gasteiger partial charge < -0.3 is 10.5 Å². The van der Waals surface area contributed by atoms with Crippen LogP contribution in [0.4, 0.5) is 0 Å². The van der Waals surface area contributed by atoms with Crippen LogP contribution in [0.1, 0.15) is 5.82 Å². The van der Waals surface area contributed by atoms with Crippen LogP contribution in [0.15, 0.2) is 30.5 Å². The molecule has 0 aliphatic rings. The van der Waals surface area contributed by atoms with Crippen LogP contribution >= 0.6 is 0 Å². The van der Waals surface area contributed by atoms with E-state index >= 15 is 0 Å². The van der Waals surface area contributed by atoms with E-state index in [1.165, 1.54) is 0 Å². The third-order valence-corrected chi connectivity index (χ3v) is 2.18. The number of rotatable bonds is 3. The van der Waals surface area contributed by atoms with E-state index in [-0.39, 0.29) is 0 Å². The normalized spacial score (nSPS) is 10.1. The van der Waals surface area contributed by atoms with E-state index < -0.39 is 0 Å². The zero-order valence-corrected chi connectivity index (χ0v) is 8.92. The summed E-state index contributed by atoms with van der Waals surface area (Å²) in [7, 11) is 1.63. The van der Waals surface area contributed by atoms with E-state index in [9.17, 15) is 0 Å². The molecule has 5 heteroatoms. The zero-order chi connectivity index (χ0) is 11.4. The Hall–Kier alpha value is -2.01. The van der Waals surface area contributed by atoms with E-state index in [0.29, 0.717) is 12.4 Å². The standard InChI is InChI=1S/C11H12N4O/c1-16-9-4-2-8(3-5-9)10-7-13-11(6-12)15-14-10/h2-5,7H,6,12H2,1H3. The smallest absolute Gasteiger partial charge is 0.164 e. The molecule has 0 saturated carbocycles. The van der Waals surface area contributed by atoms with Gasteiger partial charge in [0, 0.05) is 5.56 Å². The minimum atomic E-state index is 0.301. The molecule has 2 aromatic rings. The van der Waals surface area contributed by atoms with Gasteiger partial charge in [0.25, 0.3) is 0 Å². The van der Waals surface area contributed by atoms with Crippen LogP contribution in [0.25, 0.3) is 11.3 Å². The molecule has 0 aliphatic carbocycles. The molecule has 0 spiro atoms. The molecule has 0 fully saturated rings. The molecule has 0 aliphatic heterocycles. The second kappa shape index (κ2) is 4.67. The maximum atomic E-state index is 5.39. The Bertz CT molecular complexity index is 407. The Morgan fingerprint density at radius 1 is 1.19 bits per heavy atom. The predicted molar refractivity (Wildman–Crippen MR) is 59.7 cm³/mol. The van der Waals surface area contributed by atoms with Gasteiger partial charge in [-0.2, -0.15) is 0 Å². The van der Waals surface area contributed by atoms with Crippen molar-refractivity contribution in [2.45, 2.75) is 6.54 Å².